The maximum atomic E-state index is 12.6. The summed E-state index contributed by atoms with van der Waals surface area (Å²) in [5, 5.41) is 16.8. The molecule has 1 amide bonds. The van der Waals surface area contributed by atoms with Crippen LogP contribution in [0.3, 0.4) is 0 Å². The van der Waals surface area contributed by atoms with Gasteiger partial charge in [0.2, 0.25) is 5.13 Å². The van der Waals surface area contributed by atoms with Crippen LogP contribution in [-0.2, 0) is 13.0 Å². The lowest BCUT2D eigenvalue weighted by Gasteiger charge is -2.20. The molecule has 0 spiro atoms. The van der Waals surface area contributed by atoms with Gasteiger partial charge in [0.25, 0.3) is 5.91 Å². The van der Waals surface area contributed by atoms with Crippen LogP contribution in [0.5, 0.6) is 11.5 Å². The molecule has 0 aliphatic carbocycles. The number of carbonyl (C=O) groups is 1. The highest BCUT2D eigenvalue weighted by Gasteiger charge is 2.21. The minimum Gasteiger partial charge on any atom is -0.486 e. The Bertz CT molecular complexity index is 981. The van der Waals surface area contributed by atoms with Gasteiger partial charge in [-0.25, -0.2) is 0 Å². The minimum atomic E-state index is -0.293. The Labute approximate surface area is 160 Å². The van der Waals surface area contributed by atoms with Crippen molar-refractivity contribution in [2.75, 3.05) is 18.5 Å². The van der Waals surface area contributed by atoms with Crippen LogP contribution in [0.15, 0.2) is 24.3 Å². The van der Waals surface area contributed by atoms with Crippen LogP contribution >= 0.6 is 11.3 Å². The second kappa shape index (κ2) is 7.36. The van der Waals surface area contributed by atoms with E-state index in [0.717, 1.165) is 22.9 Å². The predicted molar refractivity (Wildman–Crippen MR) is 101 cm³/mol. The third-order valence-electron chi connectivity index (χ3n) is 4.14. The molecule has 4 rings (SSSR count). The molecule has 27 heavy (non-hydrogen) atoms. The number of fused-ring (bicyclic) bond motifs is 1. The molecule has 0 saturated heterocycles. The molecule has 1 aliphatic rings. The van der Waals surface area contributed by atoms with Crippen molar-refractivity contribution in [3.8, 4) is 11.5 Å². The van der Waals surface area contributed by atoms with Crippen molar-refractivity contribution >= 4 is 22.4 Å². The molecule has 8 nitrogen and oxygen atoms in total. The molecule has 3 heterocycles. The Kier molecular flexibility index (Phi) is 4.76. The van der Waals surface area contributed by atoms with Gasteiger partial charge in [-0.1, -0.05) is 17.4 Å². The van der Waals surface area contributed by atoms with E-state index in [0.29, 0.717) is 41.8 Å². The number of amides is 1. The van der Waals surface area contributed by atoms with Crippen molar-refractivity contribution in [2.45, 2.75) is 26.8 Å². The summed E-state index contributed by atoms with van der Waals surface area (Å²) in [5.74, 6) is 0.755. The van der Waals surface area contributed by atoms with Crippen molar-refractivity contribution in [1.29, 1.82) is 0 Å². The normalized spacial score (nSPS) is 12.8. The second-order valence-electron chi connectivity index (χ2n) is 6.19. The first-order valence-corrected chi connectivity index (χ1v) is 9.45. The molecule has 1 aliphatic heterocycles. The van der Waals surface area contributed by atoms with Crippen molar-refractivity contribution in [3.63, 3.8) is 0 Å². The van der Waals surface area contributed by atoms with E-state index in [1.54, 1.807) is 18.2 Å². The highest BCUT2D eigenvalue weighted by Crippen LogP contribution is 2.34. The highest BCUT2D eigenvalue weighted by molar-refractivity contribution is 7.15. The number of hydrogen-bond acceptors (Lipinski definition) is 7. The molecule has 140 valence electrons. The Hall–Kier alpha value is -2.94. The van der Waals surface area contributed by atoms with Gasteiger partial charge in [-0.3, -0.25) is 14.8 Å². The number of hydrogen-bond donors (Lipinski definition) is 1. The standard InChI is InChI=1S/C18H19N5O3S/c1-11-10-12(2)23(22-11)7-6-15-20-21-18(27-15)19-17(24)13-4-3-5-14-16(13)26-9-8-25-14/h3-5,10H,6-9H2,1-2H3,(H,19,21,24). The number of ether oxygens (including phenoxy) is 2. The number of nitrogens with zero attached hydrogens (tertiary/aromatic N) is 4. The van der Waals surface area contributed by atoms with E-state index >= 15 is 0 Å². The summed E-state index contributed by atoms with van der Waals surface area (Å²) >= 11 is 1.36. The van der Waals surface area contributed by atoms with Gasteiger partial charge in [0.15, 0.2) is 11.5 Å². The number of carbonyl (C=O) groups excluding carboxylic acids is 1. The maximum absolute atomic E-state index is 12.6. The van der Waals surface area contributed by atoms with Crippen LogP contribution < -0.4 is 14.8 Å². The molecule has 0 saturated carbocycles. The first-order valence-electron chi connectivity index (χ1n) is 8.63. The molecule has 9 heteroatoms. The minimum absolute atomic E-state index is 0.293. The molecule has 2 aromatic heterocycles. The van der Waals surface area contributed by atoms with Crippen LogP contribution in [0.25, 0.3) is 0 Å². The molecule has 0 atom stereocenters. The number of aromatic nitrogens is 4. The molecule has 0 bridgehead atoms. The Balaban J connectivity index is 1.42. The summed E-state index contributed by atoms with van der Waals surface area (Å²) in [5.41, 5.74) is 2.53. The fraction of sp³-hybridized carbons (Fsp3) is 0.333. The molecular formula is C18H19N5O3S. The molecule has 0 radical (unpaired) electrons. The largest absolute Gasteiger partial charge is 0.486 e. The average Bonchev–Trinajstić information content (AvgIpc) is 3.24. The Morgan fingerprint density at radius 2 is 2.11 bits per heavy atom. The summed E-state index contributed by atoms with van der Waals surface area (Å²) in [6.07, 6.45) is 0.702. The number of benzene rings is 1. The maximum Gasteiger partial charge on any atom is 0.261 e. The number of nitrogens with one attached hydrogen (secondary N) is 1. The zero-order chi connectivity index (χ0) is 18.8. The van der Waals surface area contributed by atoms with Crippen LogP contribution in [0.2, 0.25) is 0 Å². The molecule has 0 fully saturated rings. The van der Waals surface area contributed by atoms with E-state index in [2.05, 4.69) is 20.6 Å². The zero-order valence-corrected chi connectivity index (χ0v) is 15.9. The fourth-order valence-electron chi connectivity index (χ4n) is 2.92. The van der Waals surface area contributed by atoms with Crippen molar-refractivity contribution in [3.05, 3.63) is 46.2 Å². The van der Waals surface area contributed by atoms with Crippen LogP contribution in [0.4, 0.5) is 5.13 Å². The van der Waals surface area contributed by atoms with Crippen LogP contribution in [-0.4, -0.2) is 39.1 Å². The van der Waals surface area contributed by atoms with Gasteiger partial charge in [0, 0.05) is 18.7 Å². The van der Waals surface area contributed by atoms with Crippen LogP contribution in [0, 0.1) is 13.8 Å². The van der Waals surface area contributed by atoms with E-state index in [9.17, 15) is 4.79 Å². The lowest BCUT2D eigenvalue weighted by molar-refractivity contribution is 0.101. The third kappa shape index (κ3) is 3.77. The van der Waals surface area contributed by atoms with Crippen LogP contribution in [0.1, 0.15) is 26.8 Å². The Morgan fingerprint density at radius 3 is 2.93 bits per heavy atom. The lowest BCUT2D eigenvalue weighted by Crippen LogP contribution is -2.20. The van der Waals surface area contributed by atoms with Gasteiger partial charge in [0.1, 0.15) is 18.2 Å². The fourth-order valence-corrected chi connectivity index (χ4v) is 3.65. The smallest absolute Gasteiger partial charge is 0.261 e. The monoisotopic (exact) mass is 385 g/mol. The first kappa shape index (κ1) is 17.5. The van der Waals surface area contributed by atoms with Gasteiger partial charge in [-0.2, -0.15) is 5.10 Å². The quantitative estimate of drug-likeness (QED) is 0.726. The molecular weight excluding hydrogens is 366 g/mol. The molecule has 1 N–H and O–H groups in total. The van der Waals surface area contributed by atoms with E-state index in [1.807, 2.05) is 24.6 Å². The average molecular weight is 385 g/mol. The summed E-state index contributed by atoms with van der Waals surface area (Å²) in [4.78, 5) is 12.6. The summed E-state index contributed by atoms with van der Waals surface area (Å²) in [7, 11) is 0. The van der Waals surface area contributed by atoms with Crippen molar-refractivity contribution < 1.29 is 14.3 Å². The summed E-state index contributed by atoms with van der Waals surface area (Å²) in [6.45, 7) is 5.62. The molecule has 0 unspecified atom stereocenters. The van der Waals surface area contributed by atoms with Gasteiger partial charge < -0.3 is 9.47 Å². The van der Waals surface area contributed by atoms with Gasteiger partial charge in [-0.15, -0.1) is 10.2 Å². The number of rotatable bonds is 5. The molecule has 1 aromatic carbocycles. The van der Waals surface area contributed by atoms with E-state index < -0.39 is 0 Å². The first-order chi connectivity index (χ1) is 13.1. The highest BCUT2D eigenvalue weighted by atomic mass is 32.1. The topological polar surface area (TPSA) is 91.2 Å². The van der Waals surface area contributed by atoms with Gasteiger partial charge in [0.05, 0.1) is 11.3 Å². The number of para-hydroxylation sites is 1. The van der Waals surface area contributed by atoms with Crippen molar-refractivity contribution in [1.82, 2.24) is 20.0 Å². The van der Waals surface area contributed by atoms with E-state index in [4.69, 9.17) is 9.47 Å². The van der Waals surface area contributed by atoms with E-state index in [1.165, 1.54) is 11.3 Å². The summed E-state index contributed by atoms with van der Waals surface area (Å²) in [6, 6.07) is 7.29. The summed E-state index contributed by atoms with van der Waals surface area (Å²) < 4.78 is 13.1. The second-order valence-corrected chi connectivity index (χ2v) is 7.25. The van der Waals surface area contributed by atoms with Gasteiger partial charge >= 0.3 is 0 Å². The number of aryl methyl sites for hydroxylation is 4. The molecule has 3 aromatic rings. The third-order valence-corrected chi connectivity index (χ3v) is 5.04. The zero-order valence-electron chi connectivity index (χ0n) is 15.1. The SMILES string of the molecule is Cc1cc(C)n(CCc2nnc(NC(=O)c3cccc4c3OCCO4)s2)n1. The van der Waals surface area contributed by atoms with Crippen molar-refractivity contribution in [2.24, 2.45) is 0 Å². The lowest BCUT2D eigenvalue weighted by atomic mass is 10.1. The predicted octanol–water partition coefficient (Wildman–Crippen LogP) is 2.62. The van der Waals surface area contributed by atoms with E-state index in [-0.39, 0.29) is 5.91 Å². The number of anilines is 1. The Morgan fingerprint density at radius 1 is 1.26 bits per heavy atom. The van der Waals surface area contributed by atoms with Gasteiger partial charge in [-0.05, 0) is 32.0 Å².